The SMILES string of the molecule is O=C1N=Nc2c1c(-c1nccs1)nc1ccccc21. The summed E-state index contributed by atoms with van der Waals surface area (Å²) in [5.74, 6) is -0.349. The lowest BCUT2D eigenvalue weighted by molar-refractivity contribution is 0.100. The van der Waals surface area contributed by atoms with Gasteiger partial charge in [-0.1, -0.05) is 18.2 Å². The number of hydrogen-bond donors (Lipinski definition) is 0. The first-order chi connectivity index (χ1) is 9.34. The predicted octanol–water partition coefficient (Wildman–Crippen LogP) is 3.60. The molecule has 0 N–H and O–H groups in total. The minimum Gasteiger partial charge on any atom is -0.265 e. The van der Waals surface area contributed by atoms with Gasteiger partial charge >= 0.3 is 0 Å². The summed E-state index contributed by atoms with van der Waals surface area (Å²) in [6.07, 6.45) is 1.69. The van der Waals surface area contributed by atoms with Gasteiger partial charge in [-0.25, -0.2) is 9.97 Å². The Bertz CT molecular complexity index is 839. The molecule has 90 valence electrons. The maximum atomic E-state index is 11.9. The van der Waals surface area contributed by atoms with Gasteiger partial charge in [0.15, 0.2) is 0 Å². The minimum absolute atomic E-state index is 0.349. The van der Waals surface area contributed by atoms with Crippen LogP contribution >= 0.6 is 11.3 Å². The monoisotopic (exact) mass is 266 g/mol. The van der Waals surface area contributed by atoms with Crippen molar-refractivity contribution in [2.45, 2.75) is 0 Å². The second-order valence-corrected chi connectivity index (χ2v) is 4.94. The van der Waals surface area contributed by atoms with Gasteiger partial charge in [0.1, 0.15) is 22.0 Å². The number of azo groups is 1. The zero-order valence-corrected chi connectivity index (χ0v) is 10.4. The maximum Gasteiger partial charge on any atom is 0.300 e. The second-order valence-electron chi connectivity index (χ2n) is 4.04. The summed E-state index contributed by atoms with van der Waals surface area (Å²) in [5, 5.41) is 11.0. The molecule has 0 radical (unpaired) electrons. The Morgan fingerprint density at radius 2 is 2.00 bits per heavy atom. The zero-order chi connectivity index (χ0) is 12.8. The van der Waals surface area contributed by atoms with Crippen LogP contribution in [0.1, 0.15) is 10.4 Å². The number of carbonyl (C=O) groups excluding carboxylic acids is 1. The third-order valence-electron chi connectivity index (χ3n) is 2.95. The van der Waals surface area contributed by atoms with Crippen LogP contribution in [0.25, 0.3) is 21.6 Å². The number of aromatic nitrogens is 2. The molecular weight excluding hydrogens is 260 g/mol. The molecule has 2 aromatic heterocycles. The largest absolute Gasteiger partial charge is 0.300 e. The predicted molar refractivity (Wildman–Crippen MR) is 71.7 cm³/mol. The number of benzene rings is 1. The number of fused-ring (bicyclic) bond motifs is 3. The molecule has 1 aliphatic rings. The molecule has 6 heteroatoms. The number of amides is 1. The van der Waals surface area contributed by atoms with Gasteiger partial charge in [0.25, 0.3) is 5.91 Å². The van der Waals surface area contributed by atoms with E-state index >= 15 is 0 Å². The summed E-state index contributed by atoms with van der Waals surface area (Å²) in [4.78, 5) is 20.7. The van der Waals surface area contributed by atoms with Gasteiger partial charge in [-0.3, -0.25) is 4.79 Å². The van der Waals surface area contributed by atoms with E-state index in [1.807, 2.05) is 29.6 Å². The van der Waals surface area contributed by atoms with Crippen LogP contribution in [0.4, 0.5) is 5.69 Å². The molecule has 0 spiro atoms. The van der Waals surface area contributed by atoms with Crippen molar-refractivity contribution in [2.75, 3.05) is 0 Å². The molecule has 5 nitrogen and oxygen atoms in total. The lowest BCUT2D eigenvalue weighted by Crippen LogP contribution is -1.97. The van der Waals surface area contributed by atoms with Crippen LogP contribution in [0.5, 0.6) is 0 Å². The summed E-state index contributed by atoms with van der Waals surface area (Å²) >= 11 is 1.44. The van der Waals surface area contributed by atoms with Crippen molar-refractivity contribution < 1.29 is 4.79 Å². The fourth-order valence-corrected chi connectivity index (χ4v) is 2.77. The van der Waals surface area contributed by atoms with E-state index < -0.39 is 0 Å². The van der Waals surface area contributed by atoms with Gasteiger partial charge in [0.2, 0.25) is 0 Å². The van der Waals surface area contributed by atoms with E-state index in [2.05, 4.69) is 20.2 Å². The quantitative estimate of drug-likeness (QED) is 0.675. The van der Waals surface area contributed by atoms with E-state index in [1.165, 1.54) is 11.3 Å². The van der Waals surface area contributed by atoms with E-state index in [-0.39, 0.29) is 5.91 Å². The lowest BCUT2D eigenvalue weighted by Gasteiger charge is -2.05. The van der Waals surface area contributed by atoms with Crippen LogP contribution in [-0.4, -0.2) is 15.9 Å². The molecule has 19 heavy (non-hydrogen) atoms. The van der Waals surface area contributed by atoms with E-state index in [4.69, 9.17) is 0 Å². The first kappa shape index (κ1) is 10.5. The first-order valence-electron chi connectivity index (χ1n) is 5.63. The normalized spacial score (nSPS) is 13.2. The molecule has 0 atom stereocenters. The molecule has 0 aliphatic carbocycles. The van der Waals surface area contributed by atoms with Crippen LogP contribution in [-0.2, 0) is 0 Å². The fourth-order valence-electron chi connectivity index (χ4n) is 2.14. The van der Waals surface area contributed by atoms with E-state index in [0.29, 0.717) is 22.0 Å². The van der Waals surface area contributed by atoms with Gasteiger partial charge in [-0.05, 0) is 6.07 Å². The average Bonchev–Trinajstić information content (AvgIpc) is 3.08. The van der Waals surface area contributed by atoms with Crippen molar-refractivity contribution in [3.8, 4) is 10.7 Å². The van der Waals surface area contributed by atoms with Crippen LogP contribution in [0.15, 0.2) is 46.1 Å². The van der Waals surface area contributed by atoms with Crippen molar-refractivity contribution in [1.82, 2.24) is 9.97 Å². The van der Waals surface area contributed by atoms with Crippen LogP contribution in [0.3, 0.4) is 0 Å². The Balaban J connectivity index is 2.16. The Hall–Kier alpha value is -2.47. The smallest absolute Gasteiger partial charge is 0.265 e. The Morgan fingerprint density at radius 1 is 1.11 bits per heavy atom. The zero-order valence-electron chi connectivity index (χ0n) is 9.57. The summed E-state index contributed by atoms with van der Waals surface area (Å²) in [5.41, 5.74) is 2.41. The summed E-state index contributed by atoms with van der Waals surface area (Å²) < 4.78 is 0. The van der Waals surface area contributed by atoms with E-state index in [1.54, 1.807) is 6.20 Å². The highest BCUT2D eigenvalue weighted by atomic mass is 32.1. The number of rotatable bonds is 1. The number of nitrogens with zero attached hydrogens (tertiary/aromatic N) is 4. The van der Waals surface area contributed by atoms with Crippen molar-refractivity contribution in [3.05, 3.63) is 41.4 Å². The third-order valence-corrected chi connectivity index (χ3v) is 3.73. The van der Waals surface area contributed by atoms with Gasteiger partial charge in [-0.15, -0.1) is 21.6 Å². The molecule has 0 fully saturated rings. The minimum atomic E-state index is -0.349. The third kappa shape index (κ3) is 1.43. The Labute approximate surface area is 111 Å². The molecule has 0 saturated heterocycles. The van der Waals surface area contributed by atoms with Gasteiger partial charge < -0.3 is 0 Å². The number of pyridine rings is 1. The summed E-state index contributed by atoms with van der Waals surface area (Å²) in [6, 6.07) is 7.59. The second kappa shape index (κ2) is 3.76. The molecule has 1 aliphatic heterocycles. The van der Waals surface area contributed by atoms with E-state index in [0.717, 1.165) is 10.9 Å². The molecule has 0 unspecified atom stereocenters. The molecular formula is C13H6N4OS. The number of carbonyl (C=O) groups is 1. The standard InChI is InChI=1S/C13H6N4OS/c18-12-9-10(16-17-12)7-3-1-2-4-8(7)15-11(9)13-14-5-6-19-13/h1-6H. The fraction of sp³-hybridized carbons (Fsp3) is 0. The van der Waals surface area contributed by atoms with E-state index in [9.17, 15) is 4.79 Å². The van der Waals surface area contributed by atoms with Crippen LogP contribution in [0, 0.1) is 0 Å². The van der Waals surface area contributed by atoms with Crippen LogP contribution in [0.2, 0.25) is 0 Å². The highest BCUT2D eigenvalue weighted by molar-refractivity contribution is 7.13. The molecule has 1 amide bonds. The lowest BCUT2D eigenvalue weighted by atomic mass is 10.1. The molecule has 0 saturated carbocycles. The van der Waals surface area contributed by atoms with Gasteiger partial charge in [-0.2, -0.15) is 0 Å². The molecule has 0 bridgehead atoms. The topological polar surface area (TPSA) is 67.6 Å². The molecule has 3 aromatic rings. The van der Waals surface area contributed by atoms with Gasteiger partial charge in [0.05, 0.1) is 5.52 Å². The molecule has 4 rings (SSSR count). The van der Waals surface area contributed by atoms with Gasteiger partial charge in [0, 0.05) is 17.0 Å². The number of para-hydroxylation sites is 1. The maximum absolute atomic E-state index is 11.9. The molecule has 1 aromatic carbocycles. The number of hydrogen-bond acceptors (Lipinski definition) is 5. The Morgan fingerprint density at radius 3 is 2.84 bits per heavy atom. The van der Waals surface area contributed by atoms with Crippen LogP contribution < -0.4 is 0 Å². The van der Waals surface area contributed by atoms with Crippen molar-refractivity contribution in [2.24, 2.45) is 10.2 Å². The molecule has 3 heterocycles. The summed E-state index contributed by atoms with van der Waals surface area (Å²) in [7, 11) is 0. The number of thiazole rings is 1. The van der Waals surface area contributed by atoms with Crippen molar-refractivity contribution >= 4 is 33.8 Å². The average molecular weight is 266 g/mol. The van der Waals surface area contributed by atoms with Crippen molar-refractivity contribution in [1.29, 1.82) is 0 Å². The first-order valence-corrected chi connectivity index (χ1v) is 6.51. The van der Waals surface area contributed by atoms with Crippen molar-refractivity contribution in [3.63, 3.8) is 0 Å². The Kier molecular flexibility index (Phi) is 2.07. The highest BCUT2D eigenvalue weighted by Crippen LogP contribution is 2.40. The summed E-state index contributed by atoms with van der Waals surface area (Å²) in [6.45, 7) is 0. The highest BCUT2D eigenvalue weighted by Gasteiger charge is 2.27.